The van der Waals surface area contributed by atoms with Crippen molar-refractivity contribution in [2.45, 2.75) is 30.7 Å². The lowest BCUT2D eigenvalue weighted by atomic mass is 10.1. The summed E-state index contributed by atoms with van der Waals surface area (Å²) >= 11 is 6.90. The zero-order valence-electron chi connectivity index (χ0n) is 11.4. The van der Waals surface area contributed by atoms with Crippen LogP contribution < -0.4 is 16.4 Å². The topological polar surface area (TPSA) is 67.2 Å². The molecular weight excluding hydrogens is 290 g/mol. The number of hydrogen-bond donors (Lipinski definition) is 3. The standard InChI is InChI=1S/C14H19N3OS2/c1-2-20-11-5-3-4-10(13(11)14(15)19)16-8-9-6-7-12(18)17-9/h3-5,9,16H,2,6-8H2,1H3,(H2,15,19)(H,17,18). The van der Waals surface area contributed by atoms with Gasteiger partial charge in [-0.15, -0.1) is 11.8 Å². The molecule has 1 atom stereocenters. The molecule has 1 aliphatic rings. The molecule has 1 fully saturated rings. The number of anilines is 1. The van der Waals surface area contributed by atoms with Gasteiger partial charge in [-0.05, 0) is 24.3 Å². The van der Waals surface area contributed by atoms with Gasteiger partial charge in [0.15, 0.2) is 0 Å². The van der Waals surface area contributed by atoms with Crippen LogP contribution in [0, 0.1) is 0 Å². The van der Waals surface area contributed by atoms with E-state index in [0.29, 0.717) is 18.0 Å². The van der Waals surface area contributed by atoms with Crippen LogP contribution in [0.15, 0.2) is 23.1 Å². The molecule has 0 bridgehead atoms. The SMILES string of the molecule is CCSc1cccc(NCC2CCC(=O)N2)c1C(N)=S. The van der Waals surface area contributed by atoms with Crippen molar-refractivity contribution in [2.24, 2.45) is 5.73 Å². The fourth-order valence-electron chi connectivity index (χ4n) is 2.27. The fraction of sp³-hybridized carbons (Fsp3) is 0.429. The van der Waals surface area contributed by atoms with E-state index in [-0.39, 0.29) is 11.9 Å². The molecule has 0 aliphatic carbocycles. The lowest BCUT2D eigenvalue weighted by molar-refractivity contribution is -0.119. The monoisotopic (exact) mass is 309 g/mol. The quantitative estimate of drug-likeness (QED) is 0.555. The van der Waals surface area contributed by atoms with Gasteiger partial charge in [0, 0.05) is 35.2 Å². The molecule has 1 aromatic rings. The minimum Gasteiger partial charge on any atom is -0.389 e. The maximum Gasteiger partial charge on any atom is 0.220 e. The highest BCUT2D eigenvalue weighted by molar-refractivity contribution is 7.99. The van der Waals surface area contributed by atoms with E-state index in [1.807, 2.05) is 18.2 Å². The average molecular weight is 309 g/mol. The van der Waals surface area contributed by atoms with Gasteiger partial charge in [-0.1, -0.05) is 25.2 Å². The van der Waals surface area contributed by atoms with E-state index in [2.05, 4.69) is 17.6 Å². The van der Waals surface area contributed by atoms with Crippen molar-refractivity contribution in [3.8, 4) is 0 Å². The first-order valence-electron chi connectivity index (χ1n) is 6.70. The zero-order valence-corrected chi connectivity index (χ0v) is 13.1. The summed E-state index contributed by atoms with van der Waals surface area (Å²) < 4.78 is 0. The summed E-state index contributed by atoms with van der Waals surface area (Å²) in [7, 11) is 0. The van der Waals surface area contributed by atoms with E-state index in [0.717, 1.165) is 28.3 Å². The van der Waals surface area contributed by atoms with E-state index < -0.39 is 0 Å². The van der Waals surface area contributed by atoms with Gasteiger partial charge in [0.1, 0.15) is 4.99 Å². The second-order valence-corrected chi connectivity index (χ2v) is 6.41. The van der Waals surface area contributed by atoms with Crippen LogP contribution in [0.1, 0.15) is 25.3 Å². The van der Waals surface area contributed by atoms with Crippen LogP contribution in [0.25, 0.3) is 0 Å². The van der Waals surface area contributed by atoms with Crippen molar-refractivity contribution in [1.29, 1.82) is 0 Å². The van der Waals surface area contributed by atoms with Crippen molar-refractivity contribution in [3.63, 3.8) is 0 Å². The lowest BCUT2D eigenvalue weighted by Gasteiger charge is -2.17. The number of benzene rings is 1. The molecule has 1 unspecified atom stereocenters. The molecule has 1 saturated heterocycles. The number of nitrogens with two attached hydrogens (primary N) is 1. The summed E-state index contributed by atoms with van der Waals surface area (Å²) in [6.45, 7) is 2.80. The number of rotatable bonds is 6. The lowest BCUT2D eigenvalue weighted by Crippen LogP contribution is -2.32. The van der Waals surface area contributed by atoms with Crippen LogP contribution in [0.4, 0.5) is 5.69 Å². The zero-order chi connectivity index (χ0) is 14.5. The van der Waals surface area contributed by atoms with Crippen molar-refractivity contribution in [3.05, 3.63) is 23.8 Å². The third-order valence-electron chi connectivity index (χ3n) is 3.20. The first-order chi connectivity index (χ1) is 9.61. The third kappa shape index (κ3) is 3.64. The van der Waals surface area contributed by atoms with Gasteiger partial charge in [-0.2, -0.15) is 0 Å². The van der Waals surface area contributed by atoms with E-state index in [9.17, 15) is 4.79 Å². The highest BCUT2D eigenvalue weighted by atomic mass is 32.2. The van der Waals surface area contributed by atoms with Crippen molar-refractivity contribution >= 4 is 40.6 Å². The van der Waals surface area contributed by atoms with Gasteiger partial charge in [0.05, 0.1) is 0 Å². The van der Waals surface area contributed by atoms with Crippen LogP contribution >= 0.6 is 24.0 Å². The number of carbonyl (C=O) groups is 1. The molecule has 0 radical (unpaired) electrons. The highest BCUT2D eigenvalue weighted by Gasteiger charge is 2.21. The Kier molecular flexibility index (Phi) is 5.25. The van der Waals surface area contributed by atoms with E-state index >= 15 is 0 Å². The second kappa shape index (κ2) is 6.95. The number of hydrogen-bond acceptors (Lipinski definition) is 4. The number of nitrogens with one attached hydrogen (secondary N) is 2. The molecule has 6 heteroatoms. The van der Waals surface area contributed by atoms with E-state index in [4.69, 9.17) is 18.0 Å². The Balaban J connectivity index is 2.12. The van der Waals surface area contributed by atoms with E-state index in [1.54, 1.807) is 11.8 Å². The van der Waals surface area contributed by atoms with Crippen LogP contribution in [-0.2, 0) is 4.79 Å². The van der Waals surface area contributed by atoms with Crippen molar-refractivity contribution in [2.75, 3.05) is 17.6 Å². The molecule has 4 nitrogen and oxygen atoms in total. The fourth-order valence-corrected chi connectivity index (χ4v) is 3.41. The van der Waals surface area contributed by atoms with Crippen molar-refractivity contribution < 1.29 is 4.79 Å². The van der Waals surface area contributed by atoms with Gasteiger partial charge in [-0.3, -0.25) is 4.79 Å². The normalized spacial score (nSPS) is 17.9. The molecule has 0 aromatic heterocycles. The average Bonchev–Trinajstić information content (AvgIpc) is 2.82. The molecule has 20 heavy (non-hydrogen) atoms. The molecule has 1 aromatic carbocycles. The number of thiocarbonyl (C=S) groups is 1. The molecule has 1 amide bonds. The Bertz CT molecular complexity index is 519. The molecule has 4 N–H and O–H groups in total. The van der Waals surface area contributed by atoms with Gasteiger partial charge in [0.25, 0.3) is 0 Å². The number of thioether (sulfide) groups is 1. The highest BCUT2D eigenvalue weighted by Crippen LogP contribution is 2.28. The summed E-state index contributed by atoms with van der Waals surface area (Å²) in [5.41, 5.74) is 7.70. The maximum atomic E-state index is 11.2. The van der Waals surface area contributed by atoms with Crippen LogP contribution in [0.3, 0.4) is 0 Å². The summed E-state index contributed by atoms with van der Waals surface area (Å²) in [5, 5.41) is 6.30. The van der Waals surface area contributed by atoms with Gasteiger partial charge >= 0.3 is 0 Å². The minimum atomic E-state index is 0.127. The van der Waals surface area contributed by atoms with Gasteiger partial charge in [0.2, 0.25) is 5.91 Å². The first-order valence-corrected chi connectivity index (χ1v) is 8.10. The van der Waals surface area contributed by atoms with Crippen LogP contribution in [-0.4, -0.2) is 29.2 Å². The number of carbonyl (C=O) groups excluding carboxylic acids is 1. The minimum absolute atomic E-state index is 0.127. The molecule has 1 aliphatic heterocycles. The predicted molar refractivity (Wildman–Crippen MR) is 88.4 cm³/mol. The molecule has 0 spiro atoms. The van der Waals surface area contributed by atoms with Crippen LogP contribution in [0.2, 0.25) is 0 Å². The van der Waals surface area contributed by atoms with Gasteiger partial charge < -0.3 is 16.4 Å². The Morgan fingerprint density at radius 3 is 3.00 bits per heavy atom. The predicted octanol–water partition coefficient (Wildman–Crippen LogP) is 2.12. The summed E-state index contributed by atoms with van der Waals surface area (Å²) in [6, 6.07) is 6.19. The second-order valence-electron chi connectivity index (χ2n) is 4.66. The summed E-state index contributed by atoms with van der Waals surface area (Å²) in [6.07, 6.45) is 1.48. The molecule has 1 heterocycles. The van der Waals surface area contributed by atoms with Crippen LogP contribution in [0.5, 0.6) is 0 Å². The maximum absolute atomic E-state index is 11.2. The summed E-state index contributed by atoms with van der Waals surface area (Å²) in [4.78, 5) is 12.7. The molecule has 0 saturated carbocycles. The third-order valence-corrected chi connectivity index (χ3v) is 4.34. The Morgan fingerprint density at radius 2 is 2.40 bits per heavy atom. The Hall–Kier alpha value is -1.27. The largest absolute Gasteiger partial charge is 0.389 e. The smallest absolute Gasteiger partial charge is 0.220 e. The molecule has 108 valence electrons. The summed E-state index contributed by atoms with van der Waals surface area (Å²) in [5.74, 6) is 1.10. The molecule has 2 rings (SSSR count). The molecular formula is C14H19N3OS2. The van der Waals surface area contributed by atoms with E-state index in [1.165, 1.54) is 0 Å². The number of amides is 1. The Labute approximate surface area is 128 Å². The van der Waals surface area contributed by atoms with Crippen molar-refractivity contribution in [1.82, 2.24) is 5.32 Å². The van der Waals surface area contributed by atoms with Gasteiger partial charge in [-0.25, -0.2) is 0 Å². The first kappa shape index (κ1) is 15.1. The Morgan fingerprint density at radius 1 is 1.60 bits per heavy atom.